The molecule has 1 aliphatic carbocycles. The lowest BCUT2D eigenvalue weighted by atomic mass is 9.95. The van der Waals surface area contributed by atoms with Crippen molar-refractivity contribution in [3.8, 4) is 10.8 Å². The molecule has 6 nitrogen and oxygen atoms in total. The number of carbonyl (C=O) groups excluding carboxylic acids is 2. The molecule has 0 unspecified atom stereocenters. The average molecular weight is 425 g/mol. The van der Waals surface area contributed by atoms with E-state index in [0.29, 0.717) is 12.1 Å². The number of benzene rings is 1. The van der Waals surface area contributed by atoms with Gasteiger partial charge in [0.15, 0.2) is 6.61 Å². The van der Waals surface area contributed by atoms with E-state index in [1.807, 2.05) is 53.4 Å². The minimum Gasteiger partial charge on any atom is -0.497 e. The van der Waals surface area contributed by atoms with Crippen LogP contribution in [-0.4, -0.2) is 30.2 Å². The molecule has 0 atom stereocenters. The van der Waals surface area contributed by atoms with Crippen LogP contribution in [0.5, 0.6) is 5.75 Å². The van der Waals surface area contributed by atoms with Crippen LogP contribution in [-0.2, 0) is 28.9 Å². The summed E-state index contributed by atoms with van der Waals surface area (Å²) in [6.45, 7) is 0.0631. The van der Waals surface area contributed by atoms with Crippen molar-refractivity contribution < 1.29 is 19.1 Å². The molecule has 3 aromatic rings. The quantitative estimate of drug-likeness (QED) is 0.584. The van der Waals surface area contributed by atoms with Gasteiger partial charge in [-0.05, 0) is 61.1 Å². The predicted molar refractivity (Wildman–Crippen MR) is 115 cm³/mol. The number of aromatic nitrogens is 1. The monoisotopic (exact) mass is 424 g/mol. The molecule has 0 saturated heterocycles. The molecule has 0 aliphatic heterocycles. The second-order valence-electron chi connectivity index (χ2n) is 7.18. The molecule has 2 aromatic heterocycles. The van der Waals surface area contributed by atoms with Crippen molar-refractivity contribution >= 4 is 23.2 Å². The van der Waals surface area contributed by atoms with Gasteiger partial charge in [-0.2, -0.15) is 0 Å². The van der Waals surface area contributed by atoms with Crippen molar-refractivity contribution in [3.05, 3.63) is 70.4 Å². The number of carbonyl (C=O) groups is 2. The second-order valence-corrected chi connectivity index (χ2v) is 8.27. The van der Waals surface area contributed by atoms with E-state index >= 15 is 0 Å². The molecule has 1 aromatic carbocycles. The lowest BCUT2D eigenvalue weighted by molar-refractivity contribution is -0.124. The van der Waals surface area contributed by atoms with Gasteiger partial charge in [-0.25, -0.2) is 4.79 Å². The van der Waals surface area contributed by atoms with Crippen LogP contribution in [0, 0.1) is 0 Å². The summed E-state index contributed by atoms with van der Waals surface area (Å²) in [4.78, 5) is 26.4. The number of aryl methyl sites for hydroxylation is 1. The molecule has 1 aliphatic rings. The standard InChI is InChI=1S/C23H24N2O4S/c1-28-17-10-8-16(9-11-17)14-24-20(26)15-29-23(27)21-18-6-2-3-7-19(18)30-22(21)25-12-4-5-13-25/h4-5,8-13H,2-3,6-7,14-15H2,1H3,(H,24,26). The molecule has 1 N–H and O–H groups in total. The van der Waals surface area contributed by atoms with Crippen molar-refractivity contribution in [1.82, 2.24) is 9.88 Å². The van der Waals surface area contributed by atoms with Crippen LogP contribution in [0.15, 0.2) is 48.8 Å². The summed E-state index contributed by atoms with van der Waals surface area (Å²) in [6.07, 6.45) is 7.93. The summed E-state index contributed by atoms with van der Waals surface area (Å²) in [5.74, 6) is 0.0000692. The van der Waals surface area contributed by atoms with Crippen LogP contribution in [0.1, 0.15) is 39.2 Å². The van der Waals surface area contributed by atoms with Crippen LogP contribution in [0.2, 0.25) is 0 Å². The van der Waals surface area contributed by atoms with Crippen LogP contribution < -0.4 is 10.1 Å². The Morgan fingerprint density at radius 2 is 1.83 bits per heavy atom. The van der Waals surface area contributed by atoms with Gasteiger partial charge >= 0.3 is 5.97 Å². The first-order valence-electron chi connectivity index (χ1n) is 10.0. The first-order chi connectivity index (χ1) is 14.7. The van der Waals surface area contributed by atoms with E-state index in [1.54, 1.807) is 18.4 Å². The van der Waals surface area contributed by atoms with Crippen LogP contribution >= 0.6 is 11.3 Å². The van der Waals surface area contributed by atoms with Gasteiger partial charge in [0.2, 0.25) is 0 Å². The summed E-state index contributed by atoms with van der Waals surface area (Å²) in [5.41, 5.74) is 2.63. The number of nitrogens with zero attached hydrogens (tertiary/aromatic N) is 1. The Hall–Kier alpha value is -3.06. The molecule has 7 heteroatoms. The highest BCUT2D eigenvalue weighted by atomic mass is 32.1. The minimum absolute atomic E-state index is 0.301. The third kappa shape index (κ3) is 4.41. The van der Waals surface area contributed by atoms with Gasteiger partial charge in [0, 0.05) is 23.8 Å². The Bertz CT molecular complexity index is 1020. The molecule has 0 fully saturated rings. The molecular formula is C23H24N2O4S. The normalized spacial score (nSPS) is 12.8. The van der Waals surface area contributed by atoms with Crippen LogP contribution in [0.25, 0.3) is 5.00 Å². The van der Waals surface area contributed by atoms with Crippen molar-refractivity contribution in [1.29, 1.82) is 0 Å². The zero-order valence-electron chi connectivity index (χ0n) is 16.8. The Kier molecular flexibility index (Phi) is 6.18. The number of rotatable bonds is 7. The molecule has 156 valence electrons. The number of hydrogen-bond acceptors (Lipinski definition) is 5. The Labute approximate surface area is 179 Å². The van der Waals surface area contributed by atoms with E-state index < -0.39 is 5.97 Å². The van der Waals surface area contributed by atoms with E-state index in [2.05, 4.69) is 5.32 Å². The topological polar surface area (TPSA) is 69.6 Å². The Balaban J connectivity index is 1.40. The average Bonchev–Trinajstić information content (AvgIpc) is 3.44. The fourth-order valence-corrected chi connectivity index (χ4v) is 4.95. The summed E-state index contributed by atoms with van der Waals surface area (Å²) < 4.78 is 12.5. The maximum atomic E-state index is 12.9. The number of esters is 1. The number of nitrogens with one attached hydrogen (secondary N) is 1. The summed E-state index contributed by atoms with van der Waals surface area (Å²) >= 11 is 1.64. The molecular weight excluding hydrogens is 400 g/mol. The molecule has 0 saturated carbocycles. The summed E-state index contributed by atoms with van der Waals surface area (Å²) in [5, 5.41) is 3.65. The van der Waals surface area contributed by atoms with Crippen molar-refractivity contribution in [2.75, 3.05) is 13.7 Å². The summed E-state index contributed by atoms with van der Waals surface area (Å²) in [7, 11) is 1.61. The van der Waals surface area contributed by atoms with Crippen molar-refractivity contribution in [3.63, 3.8) is 0 Å². The van der Waals surface area contributed by atoms with Gasteiger partial charge < -0.3 is 19.4 Å². The van der Waals surface area contributed by atoms with Crippen LogP contribution in [0.4, 0.5) is 0 Å². The van der Waals surface area contributed by atoms with E-state index in [4.69, 9.17) is 9.47 Å². The van der Waals surface area contributed by atoms with E-state index in [0.717, 1.165) is 47.6 Å². The highest BCUT2D eigenvalue weighted by Gasteiger charge is 2.27. The number of amides is 1. The fraction of sp³-hybridized carbons (Fsp3) is 0.304. The maximum Gasteiger partial charge on any atom is 0.341 e. The maximum absolute atomic E-state index is 12.9. The predicted octanol–water partition coefficient (Wildman–Crippen LogP) is 3.90. The van der Waals surface area contributed by atoms with Gasteiger partial charge in [0.1, 0.15) is 10.8 Å². The number of thiophene rings is 1. The summed E-state index contributed by atoms with van der Waals surface area (Å²) in [6, 6.07) is 11.3. The number of fused-ring (bicyclic) bond motifs is 1. The SMILES string of the molecule is COc1ccc(CNC(=O)COC(=O)c2c(-n3cccc3)sc3c2CCCC3)cc1. The molecule has 0 radical (unpaired) electrons. The Morgan fingerprint density at radius 3 is 2.57 bits per heavy atom. The highest BCUT2D eigenvalue weighted by molar-refractivity contribution is 7.15. The highest BCUT2D eigenvalue weighted by Crippen LogP contribution is 2.37. The van der Waals surface area contributed by atoms with Gasteiger partial charge in [-0.3, -0.25) is 4.79 Å². The van der Waals surface area contributed by atoms with Gasteiger partial charge in [-0.15, -0.1) is 11.3 Å². The smallest absolute Gasteiger partial charge is 0.341 e. The van der Waals surface area contributed by atoms with Crippen molar-refractivity contribution in [2.45, 2.75) is 32.2 Å². The second kappa shape index (κ2) is 9.17. The van der Waals surface area contributed by atoms with Crippen molar-refractivity contribution in [2.24, 2.45) is 0 Å². The minimum atomic E-state index is -0.433. The number of ether oxygens (including phenoxy) is 2. The van der Waals surface area contributed by atoms with E-state index in [-0.39, 0.29) is 12.5 Å². The molecule has 2 heterocycles. The largest absolute Gasteiger partial charge is 0.497 e. The molecule has 0 bridgehead atoms. The van der Waals surface area contributed by atoms with Gasteiger partial charge in [0.25, 0.3) is 5.91 Å². The molecule has 4 rings (SSSR count). The molecule has 30 heavy (non-hydrogen) atoms. The van der Waals surface area contributed by atoms with Crippen LogP contribution in [0.3, 0.4) is 0 Å². The fourth-order valence-electron chi connectivity index (χ4n) is 3.61. The Morgan fingerprint density at radius 1 is 1.10 bits per heavy atom. The number of methoxy groups -OCH3 is 1. The van der Waals surface area contributed by atoms with Gasteiger partial charge in [-0.1, -0.05) is 12.1 Å². The first-order valence-corrected chi connectivity index (χ1v) is 10.8. The van der Waals surface area contributed by atoms with E-state index in [9.17, 15) is 9.59 Å². The zero-order chi connectivity index (χ0) is 20.9. The molecule has 0 spiro atoms. The van der Waals surface area contributed by atoms with E-state index in [1.165, 1.54) is 4.88 Å². The number of hydrogen-bond donors (Lipinski definition) is 1. The molecule has 1 amide bonds. The first kappa shape index (κ1) is 20.2. The third-order valence-corrected chi connectivity index (χ3v) is 6.48. The lowest BCUT2D eigenvalue weighted by Gasteiger charge is -2.13. The lowest BCUT2D eigenvalue weighted by Crippen LogP contribution is -2.28. The zero-order valence-corrected chi connectivity index (χ0v) is 17.7. The third-order valence-electron chi connectivity index (χ3n) is 5.18. The van der Waals surface area contributed by atoms with Gasteiger partial charge in [0.05, 0.1) is 12.7 Å².